The van der Waals surface area contributed by atoms with E-state index < -0.39 is 5.97 Å². The summed E-state index contributed by atoms with van der Waals surface area (Å²) < 4.78 is 4.93. The van der Waals surface area contributed by atoms with Crippen LogP contribution in [0.2, 0.25) is 0 Å². The highest BCUT2D eigenvalue weighted by molar-refractivity contribution is 7.99. The first-order valence-corrected chi connectivity index (χ1v) is 6.73. The van der Waals surface area contributed by atoms with Crippen LogP contribution in [-0.2, 0) is 17.1 Å². The van der Waals surface area contributed by atoms with Gasteiger partial charge in [0.25, 0.3) is 0 Å². The molecule has 0 aliphatic rings. The van der Waals surface area contributed by atoms with Crippen LogP contribution in [0.5, 0.6) is 0 Å². The van der Waals surface area contributed by atoms with Crippen molar-refractivity contribution in [2.24, 2.45) is 0 Å². The monoisotopic (exact) mass is 261 g/mol. The van der Waals surface area contributed by atoms with Crippen LogP contribution in [0.4, 0.5) is 0 Å². The molecule has 1 aromatic heterocycles. The Bertz CT molecular complexity index is 363. The lowest BCUT2D eigenvalue weighted by molar-refractivity contribution is 0.0697. The maximum Gasteiger partial charge on any atom is 0.347 e. The lowest BCUT2D eigenvalue weighted by Crippen LogP contribution is -1.99. The fourth-order valence-electron chi connectivity index (χ4n) is 1.10. The molecule has 1 heterocycles. The normalized spacial score (nSPS) is 11.0. The summed E-state index contributed by atoms with van der Waals surface area (Å²) in [6, 6.07) is 0. The van der Waals surface area contributed by atoms with E-state index in [1.807, 2.05) is 0 Å². The summed E-state index contributed by atoms with van der Waals surface area (Å²) in [6.45, 7) is 4.46. The Morgan fingerprint density at radius 2 is 2.31 bits per heavy atom. The second-order valence-electron chi connectivity index (χ2n) is 3.48. The Balaban J connectivity index is 2.79. The Hall–Kier alpha value is -0.590. The van der Waals surface area contributed by atoms with Crippen LogP contribution in [0.3, 0.4) is 0 Å². The number of carboxylic acids is 1. The number of hydrogen-bond donors (Lipinski definition) is 1. The number of hydrogen-bond acceptors (Lipinski definition) is 5. The molecular formula is C10H15NO3S2. The first-order valence-electron chi connectivity index (χ1n) is 4.87. The Morgan fingerprint density at radius 1 is 1.62 bits per heavy atom. The minimum Gasteiger partial charge on any atom is -0.477 e. The van der Waals surface area contributed by atoms with E-state index in [2.05, 4.69) is 18.8 Å². The molecule has 1 N–H and O–H groups in total. The predicted molar refractivity (Wildman–Crippen MR) is 66.2 cm³/mol. The summed E-state index contributed by atoms with van der Waals surface area (Å²) >= 11 is 2.99. The highest BCUT2D eigenvalue weighted by Gasteiger charge is 2.17. The van der Waals surface area contributed by atoms with Gasteiger partial charge < -0.3 is 9.84 Å². The highest BCUT2D eigenvalue weighted by Crippen LogP contribution is 2.24. The molecule has 0 aliphatic heterocycles. The van der Waals surface area contributed by atoms with E-state index in [1.54, 1.807) is 11.8 Å². The second kappa shape index (κ2) is 6.22. The van der Waals surface area contributed by atoms with Crippen LogP contribution >= 0.6 is 23.1 Å². The molecule has 0 amide bonds. The summed E-state index contributed by atoms with van der Waals surface area (Å²) in [6.07, 6.45) is 0. The molecule has 0 aromatic carbocycles. The van der Waals surface area contributed by atoms with Gasteiger partial charge in [-0.2, -0.15) is 11.8 Å². The molecule has 4 nitrogen and oxygen atoms in total. The zero-order valence-electron chi connectivity index (χ0n) is 9.52. The summed E-state index contributed by atoms with van der Waals surface area (Å²) in [5.74, 6) is -0.169. The number of aromatic carboxylic acids is 1. The number of thioether (sulfide) groups is 1. The number of carboxylic acid groups (broad SMARTS) is 1. The molecule has 0 spiro atoms. The van der Waals surface area contributed by atoms with E-state index in [0.717, 1.165) is 10.8 Å². The zero-order valence-corrected chi connectivity index (χ0v) is 11.2. The van der Waals surface area contributed by atoms with E-state index in [-0.39, 0.29) is 6.61 Å². The fraction of sp³-hybridized carbons (Fsp3) is 0.600. The molecule has 0 atom stereocenters. The van der Waals surface area contributed by atoms with E-state index in [1.165, 1.54) is 18.4 Å². The molecule has 1 aromatic rings. The number of aromatic nitrogens is 1. The van der Waals surface area contributed by atoms with Crippen molar-refractivity contribution in [2.45, 2.75) is 31.5 Å². The largest absolute Gasteiger partial charge is 0.477 e. The van der Waals surface area contributed by atoms with Crippen LogP contribution in [0.25, 0.3) is 0 Å². The van der Waals surface area contributed by atoms with Gasteiger partial charge in [0, 0.05) is 12.9 Å². The Morgan fingerprint density at radius 3 is 2.81 bits per heavy atom. The summed E-state index contributed by atoms with van der Waals surface area (Å²) in [7, 11) is 1.54. The topological polar surface area (TPSA) is 59.4 Å². The number of nitrogens with zero attached hydrogens (tertiary/aromatic N) is 1. The first-order chi connectivity index (χ1) is 7.54. The number of thiazole rings is 1. The van der Waals surface area contributed by atoms with Gasteiger partial charge in [-0.1, -0.05) is 13.8 Å². The minimum absolute atomic E-state index is 0.254. The third-order valence-corrected chi connectivity index (χ3v) is 4.13. The molecule has 16 heavy (non-hydrogen) atoms. The van der Waals surface area contributed by atoms with Crippen molar-refractivity contribution in [3.8, 4) is 0 Å². The summed E-state index contributed by atoms with van der Waals surface area (Å²) in [5, 5.41) is 10.4. The number of methoxy groups -OCH3 is 1. The minimum atomic E-state index is -0.926. The average Bonchev–Trinajstić information content (AvgIpc) is 2.59. The van der Waals surface area contributed by atoms with Crippen molar-refractivity contribution in [1.29, 1.82) is 0 Å². The molecule has 1 rings (SSSR count). The molecule has 0 fully saturated rings. The van der Waals surface area contributed by atoms with Crippen LogP contribution in [0.1, 0.15) is 34.2 Å². The van der Waals surface area contributed by atoms with E-state index in [9.17, 15) is 4.79 Å². The lowest BCUT2D eigenvalue weighted by atomic mass is 10.4. The van der Waals surface area contributed by atoms with Crippen molar-refractivity contribution in [1.82, 2.24) is 4.98 Å². The summed E-state index contributed by atoms with van der Waals surface area (Å²) in [5.41, 5.74) is 0.527. The number of rotatable bonds is 6. The van der Waals surface area contributed by atoms with Crippen LogP contribution in [0, 0.1) is 0 Å². The van der Waals surface area contributed by atoms with E-state index >= 15 is 0 Å². The molecule has 6 heteroatoms. The van der Waals surface area contributed by atoms with Gasteiger partial charge in [0.15, 0.2) is 0 Å². The van der Waals surface area contributed by atoms with Crippen LogP contribution in [0.15, 0.2) is 0 Å². The average molecular weight is 261 g/mol. The molecular weight excluding hydrogens is 246 g/mol. The second-order valence-corrected chi connectivity index (χ2v) is 6.13. The predicted octanol–water partition coefficient (Wildman–Crippen LogP) is 2.63. The van der Waals surface area contributed by atoms with Crippen molar-refractivity contribution < 1.29 is 14.6 Å². The van der Waals surface area contributed by atoms with E-state index in [4.69, 9.17) is 9.84 Å². The highest BCUT2D eigenvalue weighted by atomic mass is 32.2. The third kappa shape index (κ3) is 3.77. The van der Waals surface area contributed by atoms with Gasteiger partial charge in [0.05, 0.1) is 12.3 Å². The summed E-state index contributed by atoms with van der Waals surface area (Å²) in [4.78, 5) is 15.5. The van der Waals surface area contributed by atoms with Gasteiger partial charge in [-0.25, -0.2) is 9.78 Å². The quantitative estimate of drug-likeness (QED) is 0.853. The van der Waals surface area contributed by atoms with Gasteiger partial charge in [0.2, 0.25) is 0 Å². The Labute approximate surface area is 103 Å². The number of carbonyl (C=O) groups is 1. The van der Waals surface area contributed by atoms with Gasteiger partial charge >= 0.3 is 5.97 Å². The maximum atomic E-state index is 11.0. The standard InChI is InChI=1S/C10H15NO3S2/c1-6(2)15-5-8-11-7(4-14-3)9(16-8)10(12)13/h6H,4-5H2,1-3H3,(H,12,13). The van der Waals surface area contributed by atoms with Crippen molar-refractivity contribution in [2.75, 3.05) is 7.11 Å². The molecule has 0 unspecified atom stereocenters. The molecule has 0 bridgehead atoms. The van der Waals surface area contributed by atoms with Crippen molar-refractivity contribution in [3.05, 3.63) is 15.6 Å². The molecule has 0 saturated carbocycles. The molecule has 0 aliphatic carbocycles. The number of ether oxygens (including phenoxy) is 1. The SMILES string of the molecule is COCc1nc(CSC(C)C)sc1C(=O)O. The van der Waals surface area contributed by atoms with E-state index in [0.29, 0.717) is 15.8 Å². The van der Waals surface area contributed by atoms with Crippen molar-refractivity contribution >= 4 is 29.1 Å². The zero-order chi connectivity index (χ0) is 12.1. The molecule has 90 valence electrons. The van der Waals surface area contributed by atoms with Gasteiger partial charge in [-0.3, -0.25) is 0 Å². The van der Waals surface area contributed by atoms with Gasteiger partial charge in [-0.05, 0) is 5.25 Å². The molecule has 0 saturated heterocycles. The van der Waals surface area contributed by atoms with Crippen LogP contribution < -0.4 is 0 Å². The molecule has 0 radical (unpaired) electrons. The van der Waals surface area contributed by atoms with Crippen molar-refractivity contribution in [3.63, 3.8) is 0 Å². The van der Waals surface area contributed by atoms with Gasteiger partial charge in [0.1, 0.15) is 9.88 Å². The smallest absolute Gasteiger partial charge is 0.347 e. The first kappa shape index (κ1) is 13.5. The Kier molecular flexibility index (Phi) is 5.24. The van der Waals surface area contributed by atoms with Crippen LogP contribution in [-0.4, -0.2) is 28.4 Å². The third-order valence-electron chi connectivity index (χ3n) is 1.76. The fourth-order valence-corrected chi connectivity index (χ4v) is 2.78. The lowest BCUT2D eigenvalue weighted by Gasteiger charge is -2.00. The van der Waals surface area contributed by atoms with Gasteiger partial charge in [-0.15, -0.1) is 11.3 Å². The maximum absolute atomic E-state index is 11.0.